The topological polar surface area (TPSA) is 112 Å². The number of hydrogen-bond donors (Lipinski definition) is 2. The highest BCUT2D eigenvalue weighted by Crippen LogP contribution is 2.16. The molecule has 4 rings (SSSR count). The van der Waals surface area contributed by atoms with Crippen molar-refractivity contribution in [3.05, 3.63) is 88.9 Å². The number of carbonyl (C=O) groups is 1. The summed E-state index contributed by atoms with van der Waals surface area (Å²) in [5.41, 5.74) is 3.24. The Kier molecular flexibility index (Phi) is 7.99. The second-order valence-corrected chi connectivity index (χ2v) is 8.90. The second kappa shape index (κ2) is 11.5. The predicted molar refractivity (Wildman–Crippen MR) is 140 cm³/mol. The minimum Gasteiger partial charge on any atom is -0.323 e. The lowest BCUT2D eigenvalue weighted by Gasteiger charge is -2.16. The van der Waals surface area contributed by atoms with Gasteiger partial charge >= 0.3 is 0 Å². The zero-order chi connectivity index (χ0) is 25.5. The number of benzene rings is 1. The van der Waals surface area contributed by atoms with Gasteiger partial charge in [0.05, 0.1) is 17.9 Å². The second-order valence-electron chi connectivity index (χ2n) is 8.90. The molecule has 10 heteroatoms. The number of likely N-dealkylation sites (N-methyl/N-ethyl adjacent to an activating group) is 2. The largest absolute Gasteiger partial charge is 0.323 e. The van der Waals surface area contributed by atoms with Gasteiger partial charge in [-0.15, -0.1) is 0 Å². The summed E-state index contributed by atoms with van der Waals surface area (Å²) in [4.78, 5) is 39.6. The number of amides is 1. The number of fused-ring (bicyclic) bond motifs is 1. The van der Waals surface area contributed by atoms with E-state index in [2.05, 4.69) is 37.3 Å². The summed E-state index contributed by atoms with van der Waals surface area (Å²) < 4.78 is 1.66. The Morgan fingerprint density at radius 2 is 2.03 bits per heavy atom. The average molecular weight is 487 g/mol. The van der Waals surface area contributed by atoms with Crippen LogP contribution in [0, 0.1) is 0 Å². The van der Waals surface area contributed by atoms with Gasteiger partial charge in [0.25, 0.3) is 5.56 Å². The van der Waals surface area contributed by atoms with Crippen molar-refractivity contribution in [3.63, 3.8) is 0 Å². The Hall–Kier alpha value is -4.15. The summed E-state index contributed by atoms with van der Waals surface area (Å²) in [6, 6.07) is 9.52. The highest BCUT2D eigenvalue weighted by molar-refractivity contribution is 5.99. The van der Waals surface area contributed by atoms with E-state index in [4.69, 9.17) is 0 Å². The third-order valence-corrected chi connectivity index (χ3v) is 5.56. The van der Waals surface area contributed by atoms with Gasteiger partial charge in [-0.25, -0.2) is 14.6 Å². The number of anilines is 1. The molecule has 0 aliphatic carbocycles. The minimum absolute atomic E-state index is 0.139. The molecule has 0 aliphatic heterocycles. The number of hydrogen-bond acceptors (Lipinski definition) is 7. The standard InChI is InChI=1S/C26H30N8O2/c1-32(2)12-5-8-23(35)31-21-7-4-6-19(14-21)16-33(3)13-10-20-15-30-34(17-20)25-24-22(9-11-27-25)26(36)29-18-28-24/h4-9,11,14-15,17-18H,10,12-13,16H2,1-3H3,(H,31,35)(H,28,29,36)/b8-5+. The van der Waals surface area contributed by atoms with E-state index in [9.17, 15) is 9.59 Å². The van der Waals surface area contributed by atoms with Crippen LogP contribution in [0.25, 0.3) is 16.7 Å². The Morgan fingerprint density at radius 1 is 1.17 bits per heavy atom. The summed E-state index contributed by atoms with van der Waals surface area (Å²) in [6.07, 6.45) is 10.9. The van der Waals surface area contributed by atoms with Crippen LogP contribution in [0.5, 0.6) is 0 Å². The van der Waals surface area contributed by atoms with E-state index in [1.54, 1.807) is 23.0 Å². The summed E-state index contributed by atoms with van der Waals surface area (Å²) in [6.45, 7) is 2.27. The van der Waals surface area contributed by atoms with Gasteiger partial charge in [0.15, 0.2) is 5.82 Å². The Balaban J connectivity index is 1.34. The molecule has 0 saturated carbocycles. The molecule has 1 aromatic carbocycles. The van der Waals surface area contributed by atoms with E-state index in [-0.39, 0.29) is 11.5 Å². The van der Waals surface area contributed by atoms with Crippen LogP contribution in [0.15, 0.2) is 72.2 Å². The van der Waals surface area contributed by atoms with Crippen LogP contribution in [0.1, 0.15) is 11.1 Å². The maximum atomic E-state index is 12.1. The lowest BCUT2D eigenvalue weighted by atomic mass is 10.1. The van der Waals surface area contributed by atoms with Crippen LogP contribution in [-0.4, -0.2) is 74.7 Å². The van der Waals surface area contributed by atoms with E-state index in [1.807, 2.05) is 61.7 Å². The molecule has 0 fully saturated rings. The Bertz CT molecular complexity index is 1420. The van der Waals surface area contributed by atoms with Crippen molar-refractivity contribution in [1.29, 1.82) is 0 Å². The number of aromatic nitrogens is 5. The van der Waals surface area contributed by atoms with Gasteiger partial charge in [0, 0.05) is 43.8 Å². The van der Waals surface area contributed by atoms with Crippen LogP contribution in [-0.2, 0) is 17.8 Å². The molecule has 4 aromatic rings. The van der Waals surface area contributed by atoms with Crippen molar-refractivity contribution in [1.82, 2.24) is 34.5 Å². The number of rotatable bonds is 10. The molecular weight excluding hydrogens is 456 g/mol. The lowest BCUT2D eigenvalue weighted by Crippen LogP contribution is -2.20. The van der Waals surface area contributed by atoms with Crippen LogP contribution >= 0.6 is 0 Å². The van der Waals surface area contributed by atoms with Crippen LogP contribution in [0.3, 0.4) is 0 Å². The quantitative estimate of drug-likeness (QED) is 0.331. The van der Waals surface area contributed by atoms with Gasteiger partial charge in [0.2, 0.25) is 5.91 Å². The third-order valence-electron chi connectivity index (χ3n) is 5.56. The smallest absolute Gasteiger partial charge is 0.258 e. The van der Waals surface area contributed by atoms with E-state index < -0.39 is 0 Å². The molecule has 0 radical (unpaired) electrons. The fourth-order valence-electron chi connectivity index (χ4n) is 3.77. The predicted octanol–water partition coefficient (Wildman–Crippen LogP) is 2.23. The van der Waals surface area contributed by atoms with E-state index in [1.165, 1.54) is 6.33 Å². The normalized spacial score (nSPS) is 11.7. The molecule has 10 nitrogen and oxygen atoms in total. The number of carbonyl (C=O) groups excluding carboxylic acids is 1. The molecule has 36 heavy (non-hydrogen) atoms. The van der Waals surface area contributed by atoms with Crippen LogP contribution in [0.4, 0.5) is 5.69 Å². The third kappa shape index (κ3) is 6.49. The maximum Gasteiger partial charge on any atom is 0.258 e. The Labute approximate surface area is 209 Å². The monoisotopic (exact) mass is 486 g/mol. The highest BCUT2D eigenvalue weighted by Gasteiger charge is 2.11. The van der Waals surface area contributed by atoms with E-state index in [0.29, 0.717) is 23.3 Å². The zero-order valence-electron chi connectivity index (χ0n) is 20.7. The molecule has 3 heterocycles. The lowest BCUT2D eigenvalue weighted by molar-refractivity contribution is -0.111. The van der Waals surface area contributed by atoms with Crippen molar-refractivity contribution >= 4 is 22.5 Å². The fraction of sp³-hybridized carbons (Fsp3) is 0.269. The van der Waals surface area contributed by atoms with Gasteiger partial charge in [-0.05, 0) is 56.9 Å². The first-order chi connectivity index (χ1) is 17.4. The van der Waals surface area contributed by atoms with E-state index >= 15 is 0 Å². The van der Waals surface area contributed by atoms with Crippen molar-refractivity contribution in [2.45, 2.75) is 13.0 Å². The summed E-state index contributed by atoms with van der Waals surface area (Å²) >= 11 is 0. The SMILES string of the molecule is CN(C)C/C=C/C(=O)Nc1cccc(CN(C)CCc2cnn(-c3nccc4c(=O)[nH]cnc34)c2)c1. The van der Waals surface area contributed by atoms with Crippen molar-refractivity contribution in [2.24, 2.45) is 0 Å². The molecule has 0 spiro atoms. The fourth-order valence-corrected chi connectivity index (χ4v) is 3.77. The number of aromatic amines is 1. The number of H-pyrrole nitrogens is 1. The Morgan fingerprint density at radius 3 is 2.86 bits per heavy atom. The van der Waals surface area contributed by atoms with Crippen molar-refractivity contribution < 1.29 is 4.79 Å². The number of nitrogens with zero attached hydrogens (tertiary/aromatic N) is 6. The van der Waals surface area contributed by atoms with Crippen LogP contribution < -0.4 is 10.9 Å². The number of nitrogens with one attached hydrogen (secondary N) is 2. The zero-order valence-corrected chi connectivity index (χ0v) is 20.7. The average Bonchev–Trinajstić information content (AvgIpc) is 3.32. The molecule has 0 aliphatic rings. The van der Waals surface area contributed by atoms with Gasteiger partial charge < -0.3 is 20.1 Å². The van der Waals surface area contributed by atoms with Crippen molar-refractivity contribution in [2.75, 3.05) is 39.5 Å². The molecule has 0 bridgehead atoms. The highest BCUT2D eigenvalue weighted by atomic mass is 16.1. The minimum atomic E-state index is -0.206. The van der Waals surface area contributed by atoms with Gasteiger partial charge in [0.1, 0.15) is 5.52 Å². The molecule has 0 atom stereocenters. The summed E-state index contributed by atoms with van der Waals surface area (Å²) in [5, 5.41) is 7.82. The van der Waals surface area contributed by atoms with Gasteiger partial charge in [-0.1, -0.05) is 18.2 Å². The molecule has 0 unspecified atom stereocenters. The maximum absolute atomic E-state index is 12.1. The molecule has 1 amide bonds. The van der Waals surface area contributed by atoms with Gasteiger partial charge in [-0.2, -0.15) is 5.10 Å². The van der Waals surface area contributed by atoms with Crippen LogP contribution in [0.2, 0.25) is 0 Å². The summed E-state index contributed by atoms with van der Waals surface area (Å²) in [7, 11) is 5.97. The first-order valence-corrected chi connectivity index (χ1v) is 11.6. The first kappa shape index (κ1) is 25.0. The molecule has 2 N–H and O–H groups in total. The van der Waals surface area contributed by atoms with Crippen molar-refractivity contribution in [3.8, 4) is 5.82 Å². The van der Waals surface area contributed by atoms with E-state index in [0.717, 1.165) is 36.3 Å². The number of pyridine rings is 1. The molecular formula is C26H30N8O2. The molecule has 3 aromatic heterocycles. The van der Waals surface area contributed by atoms with Gasteiger partial charge in [-0.3, -0.25) is 9.59 Å². The molecule has 0 saturated heterocycles. The summed E-state index contributed by atoms with van der Waals surface area (Å²) in [5.74, 6) is 0.383. The molecule has 186 valence electrons. The first-order valence-electron chi connectivity index (χ1n) is 11.6.